The Morgan fingerprint density at radius 2 is 1.80 bits per heavy atom. The number of Topliss-reactive ketones (excluding diaryl/α,β-unsaturated/α-hetero) is 1. The highest BCUT2D eigenvalue weighted by Gasteiger charge is 2.12. The van der Waals surface area contributed by atoms with Gasteiger partial charge in [-0.05, 0) is 12.1 Å². The Labute approximate surface area is 84.3 Å². The summed E-state index contributed by atoms with van der Waals surface area (Å²) in [5.41, 5.74) is 0.0184. The number of benzene rings is 1. The largest absolute Gasteiger partial charge is 0.481 e. The van der Waals surface area contributed by atoms with E-state index in [1.807, 2.05) is 0 Å². The van der Waals surface area contributed by atoms with Crippen LogP contribution in [0.25, 0.3) is 0 Å². The van der Waals surface area contributed by atoms with Crippen molar-refractivity contribution in [2.24, 2.45) is 0 Å². The number of hydrogen-bond donors (Lipinski definition) is 1. The van der Waals surface area contributed by atoms with Gasteiger partial charge in [-0.2, -0.15) is 0 Å². The predicted molar refractivity (Wildman–Crippen MR) is 49.7 cm³/mol. The molecular formula is C9H7NO5. The smallest absolute Gasteiger partial charge is 0.311 e. The summed E-state index contributed by atoms with van der Waals surface area (Å²) >= 11 is 0. The molecule has 6 heteroatoms. The first-order valence-electron chi connectivity index (χ1n) is 4.00. The summed E-state index contributed by atoms with van der Waals surface area (Å²) in [6.07, 6.45) is -0.613. The van der Waals surface area contributed by atoms with Gasteiger partial charge in [0.2, 0.25) is 0 Å². The standard InChI is InChI=1S/C9H7NO5/c11-8(5-9(12)13)6-1-3-7(4-2-6)10(14)15/h1-4H,5H2,(H,12,13). The van der Waals surface area contributed by atoms with Crippen LogP contribution in [-0.2, 0) is 4.79 Å². The third-order valence-electron chi connectivity index (χ3n) is 1.71. The van der Waals surface area contributed by atoms with Crippen LogP contribution in [-0.4, -0.2) is 21.8 Å². The minimum Gasteiger partial charge on any atom is -0.481 e. The van der Waals surface area contributed by atoms with E-state index in [1.165, 1.54) is 12.1 Å². The molecule has 0 heterocycles. The van der Waals surface area contributed by atoms with Gasteiger partial charge in [0.1, 0.15) is 6.42 Å². The molecule has 0 saturated heterocycles. The van der Waals surface area contributed by atoms with E-state index in [1.54, 1.807) is 0 Å². The van der Waals surface area contributed by atoms with E-state index in [-0.39, 0.29) is 11.3 Å². The maximum absolute atomic E-state index is 11.2. The molecule has 1 rings (SSSR count). The first kappa shape index (κ1) is 10.8. The zero-order valence-corrected chi connectivity index (χ0v) is 7.54. The van der Waals surface area contributed by atoms with Gasteiger partial charge in [0, 0.05) is 17.7 Å². The van der Waals surface area contributed by atoms with Crippen molar-refractivity contribution in [2.45, 2.75) is 6.42 Å². The Morgan fingerprint density at radius 1 is 1.27 bits per heavy atom. The molecule has 0 bridgehead atoms. The van der Waals surface area contributed by atoms with Gasteiger partial charge in [-0.15, -0.1) is 0 Å². The molecule has 0 aliphatic heterocycles. The fourth-order valence-electron chi connectivity index (χ4n) is 1.01. The van der Waals surface area contributed by atoms with Gasteiger partial charge in [0.05, 0.1) is 4.92 Å². The Bertz CT molecular complexity index is 409. The Hall–Kier alpha value is -2.24. The van der Waals surface area contributed by atoms with Crippen LogP contribution in [0.3, 0.4) is 0 Å². The molecule has 0 radical (unpaired) electrons. The summed E-state index contributed by atoms with van der Waals surface area (Å²) < 4.78 is 0. The van der Waals surface area contributed by atoms with Gasteiger partial charge in [-0.25, -0.2) is 0 Å². The molecule has 0 fully saturated rings. The predicted octanol–water partition coefficient (Wildman–Crippen LogP) is 1.25. The van der Waals surface area contributed by atoms with E-state index in [0.29, 0.717) is 0 Å². The van der Waals surface area contributed by atoms with Crippen molar-refractivity contribution in [2.75, 3.05) is 0 Å². The lowest BCUT2D eigenvalue weighted by Gasteiger charge is -1.97. The lowest BCUT2D eigenvalue weighted by Crippen LogP contribution is -2.06. The van der Waals surface area contributed by atoms with Crippen molar-refractivity contribution in [1.29, 1.82) is 0 Å². The highest BCUT2D eigenvalue weighted by Crippen LogP contribution is 2.13. The topological polar surface area (TPSA) is 97.5 Å². The number of nitro benzene ring substituents is 1. The molecule has 1 aromatic carbocycles. The molecule has 0 aliphatic carbocycles. The third-order valence-corrected chi connectivity index (χ3v) is 1.71. The maximum Gasteiger partial charge on any atom is 0.311 e. The van der Waals surface area contributed by atoms with Crippen molar-refractivity contribution in [1.82, 2.24) is 0 Å². The highest BCUT2D eigenvalue weighted by molar-refractivity contribution is 6.05. The number of non-ortho nitro benzene ring substituents is 1. The van der Waals surface area contributed by atoms with Crippen molar-refractivity contribution in [3.63, 3.8) is 0 Å². The van der Waals surface area contributed by atoms with E-state index in [9.17, 15) is 19.7 Å². The monoisotopic (exact) mass is 209 g/mol. The average molecular weight is 209 g/mol. The van der Waals surface area contributed by atoms with E-state index >= 15 is 0 Å². The van der Waals surface area contributed by atoms with Crippen LogP contribution in [0.1, 0.15) is 16.8 Å². The molecular weight excluding hydrogens is 202 g/mol. The highest BCUT2D eigenvalue weighted by atomic mass is 16.6. The summed E-state index contributed by atoms with van der Waals surface area (Å²) in [6.45, 7) is 0. The lowest BCUT2D eigenvalue weighted by molar-refractivity contribution is -0.384. The molecule has 15 heavy (non-hydrogen) atoms. The molecule has 0 aliphatic rings. The fraction of sp³-hybridized carbons (Fsp3) is 0.111. The van der Waals surface area contributed by atoms with E-state index < -0.39 is 23.1 Å². The molecule has 0 aromatic heterocycles. The number of carbonyl (C=O) groups excluding carboxylic acids is 1. The zero-order chi connectivity index (χ0) is 11.4. The Morgan fingerprint density at radius 3 is 2.20 bits per heavy atom. The summed E-state index contributed by atoms with van der Waals surface area (Å²) in [5, 5.41) is 18.6. The molecule has 78 valence electrons. The number of carboxylic acid groups (broad SMARTS) is 1. The van der Waals surface area contributed by atoms with Crippen molar-refractivity contribution in [3.8, 4) is 0 Å². The Balaban J connectivity index is 2.84. The van der Waals surface area contributed by atoms with Crippen LogP contribution in [0.2, 0.25) is 0 Å². The molecule has 0 unspecified atom stereocenters. The fourth-order valence-corrected chi connectivity index (χ4v) is 1.01. The van der Waals surface area contributed by atoms with E-state index in [4.69, 9.17) is 5.11 Å². The maximum atomic E-state index is 11.2. The number of aliphatic carboxylic acids is 1. The molecule has 0 atom stereocenters. The molecule has 1 aromatic rings. The van der Waals surface area contributed by atoms with Gasteiger partial charge in [0.25, 0.3) is 5.69 Å². The number of hydrogen-bond acceptors (Lipinski definition) is 4. The SMILES string of the molecule is O=C(O)CC(=O)c1ccc([N+](=O)[O-])cc1. The number of nitrogens with zero attached hydrogens (tertiary/aromatic N) is 1. The average Bonchev–Trinajstić information content (AvgIpc) is 2.17. The second kappa shape index (κ2) is 4.32. The summed E-state index contributed by atoms with van der Waals surface area (Å²) in [5.74, 6) is -1.80. The van der Waals surface area contributed by atoms with Gasteiger partial charge >= 0.3 is 5.97 Å². The second-order valence-electron chi connectivity index (χ2n) is 2.80. The molecule has 0 amide bonds. The van der Waals surface area contributed by atoms with E-state index in [2.05, 4.69) is 0 Å². The summed E-state index contributed by atoms with van der Waals surface area (Å²) in [7, 11) is 0. The Kier molecular flexibility index (Phi) is 3.12. The van der Waals surface area contributed by atoms with Crippen molar-refractivity contribution < 1.29 is 19.6 Å². The van der Waals surface area contributed by atoms with Crippen LogP contribution in [0.4, 0.5) is 5.69 Å². The molecule has 0 saturated carbocycles. The zero-order valence-electron chi connectivity index (χ0n) is 7.54. The number of carboxylic acids is 1. The quantitative estimate of drug-likeness (QED) is 0.348. The second-order valence-corrected chi connectivity index (χ2v) is 2.80. The first-order valence-corrected chi connectivity index (χ1v) is 4.00. The first-order chi connectivity index (χ1) is 7.00. The lowest BCUT2D eigenvalue weighted by atomic mass is 10.1. The number of ketones is 1. The van der Waals surface area contributed by atoms with Crippen LogP contribution in [0, 0.1) is 10.1 Å². The van der Waals surface area contributed by atoms with Gasteiger partial charge < -0.3 is 5.11 Å². The normalized spacial score (nSPS) is 9.60. The van der Waals surface area contributed by atoms with Gasteiger partial charge in [-0.1, -0.05) is 0 Å². The van der Waals surface area contributed by atoms with Crippen molar-refractivity contribution >= 4 is 17.4 Å². The summed E-state index contributed by atoms with van der Waals surface area (Å²) in [4.78, 5) is 31.1. The molecule has 0 spiro atoms. The molecule has 1 N–H and O–H groups in total. The van der Waals surface area contributed by atoms with Crippen molar-refractivity contribution in [3.05, 3.63) is 39.9 Å². The van der Waals surface area contributed by atoms with Crippen LogP contribution in [0.15, 0.2) is 24.3 Å². The number of rotatable bonds is 4. The summed E-state index contributed by atoms with van der Waals surface area (Å²) in [6, 6.07) is 4.80. The van der Waals surface area contributed by atoms with Gasteiger partial charge in [0.15, 0.2) is 5.78 Å². The number of carbonyl (C=O) groups is 2. The molecule has 6 nitrogen and oxygen atoms in total. The van der Waals surface area contributed by atoms with E-state index in [0.717, 1.165) is 12.1 Å². The third kappa shape index (κ3) is 2.87. The van der Waals surface area contributed by atoms with Crippen LogP contribution < -0.4 is 0 Å². The minimum absolute atomic E-state index is 0.137. The van der Waals surface area contributed by atoms with Crippen LogP contribution >= 0.6 is 0 Å². The number of nitro groups is 1. The van der Waals surface area contributed by atoms with Crippen LogP contribution in [0.5, 0.6) is 0 Å². The minimum atomic E-state index is -1.22. The van der Waals surface area contributed by atoms with Gasteiger partial charge in [-0.3, -0.25) is 19.7 Å².